The molecule has 7 heteroatoms. The summed E-state index contributed by atoms with van der Waals surface area (Å²) in [4.78, 5) is 11.5. The highest BCUT2D eigenvalue weighted by Gasteiger charge is 2.44. The van der Waals surface area contributed by atoms with Crippen LogP contribution in [0.1, 0.15) is 6.42 Å². The van der Waals surface area contributed by atoms with E-state index in [-0.39, 0.29) is 31.5 Å². The molecule has 1 aliphatic rings. The number of alkyl halides is 3. The van der Waals surface area contributed by atoms with E-state index in [2.05, 4.69) is 5.32 Å². The molecule has 0 spiro atoms. The minimum absolute atomic E-state index is 0. The molecule has 14 heavy (non-hydrogen) atoms. The molecular formula is C7H12ClF3N2O. The van der Waals surface area contributed by atoms with Crippen molar-refractivity contribution < 1.29 is 18.0 Å². The first-order valence-corrected chi connectivity index (χ1v) is 3.98. The monoisotopic (exact) mass is 232 g/mol. The maximum atomic E-state index is 11.9. The van der Waals surface area contributed by atoms with Gasteiger partial charge in [0.1, 0.15) is 0 Å². The molecule has 1 N–H and O–H groups in total. The zero-order valence-corrected chi connectivity index (χ0v) is 8.41. The van der Waals surface area contributed by atoms with E-state index in [0.29, 0.717) is 6.42 Å². The van der Waals surface area contributed by atoms with Crippen molar-refractivity contribution in [2.75, 3.05) is 20.1 Å². The molecular weight excluding hydrogens is 221 g/mol. The number of carbonyl (C=O) groups is 1. The van der Waals surface area contributed by atoms with Gasteiger partial charge in [-0.15, -0.1) is 12.4 Å². The van der Waals surface area contributed by atoms with Crippen LogP contribution < -0.4 is 5.32 Å². The van der Waals surface area contributed by atoms with E-state index >= 15 is 0 Å². The first kappa shape index (κ1) is 13.5. The lowest BCUT2D eigenvalue weighted by Crippen LogP contribution is -2.41. The molecule has 0 aromatic carbocycles. The van der Waals surface area contributed by atoms with Crippen molar-refractivity contribution in [3.8, 4) is 0 Å². The number of nitrogens with zero attached hydrogens (tertiary/aromatic N) is 1. The molecule has 84 valence electrons. The van der Waals surface area contributed by atoms with Crippen LogP contribution in [0, 0.1) is 0 Å². The van der Waals surface area contributed by atoms with Gasteiger partial charge in [-0.05, 0) is 13.5 Å². The number of nitrogens with one attached hydrogen (secondary N) is 1. The molecule has 0 unspecified atom stereocenters. The first-order chi connectivity index (χ1) is 5.95. The van der Waals surface area contributed by atoms with Crippen LogP contribution in [-0.2, 0) is 4.79 Å². The quantitative estimate of drug-likeness (QED) is 0.725. The molecule has 0 saturated carbocycles. The Balaban J connectivity index is 0.00000169. The molecule has 0 aromatic heterocycles. The van der Waals surface area contributed by atoms with E-state index in [1.54, 1.807) is 7.05 Å². The summed E-state index contributed by atoms with van der Waals surface area (Å²) in [6.45, 7) is 0.332. The zero-order chi connectivity index (χ0) is 10.1. The highest BCUT2D eigenvalue weighted by molar-refractivity contribution is 5.85. The van der Waals surface area contributed by atoms with Gasteiger partial charge in [0.2, 0.25) is 0 Å². The molecule has 1 amide bonds. The van der Waals surface area contributed by atoms with Crippen molar-refractivity contribution in [2.24, 2.45) is 0 Å². The number of hydrogen-bond donors (Lipinski definition) is 1. The average Bonchev–Trinajstić information content (AvgIpc) is 2.48. The predicted octanol–water partition coefficient (Wildman–Crippen LogP) is 0.791. The Morgan fingerprint density at radius 1 is 1.50 bits per heavy atom. The number of carbonyl (C=O) groups excluding carboxylic acids is 1. The van der Waals surface area contributed by atoms with E-state index in [0.717, 1.165) is 4.90 Å². The topological polar surface area (TPSA) is 32.3 Å². The predicted molar refractivity (Wildman–Crippen MR) is 47.3 cm³/mol. The highest BCUT2D eigenvalue weighted by atomic mass is 35.5. The summed E-state index contributed by atoms with van der Waals surface area (Å²) in [6, 6.07) is -0.00806. The molecule has 3 nitrogen and oxygen atoms in total. The smallest absolute Gasteiger partial charge is 0.333 e. The van der Waals surface area contributed by atoms with E-state index in [1.165, 1.54) is 0 Å². The van der Waals surface area contributed by atoms with E-state index in [4.69, 9.17) is 0 Å². The molecule has 1 aliphatic heterocycles. The minimum Gasteiger partial charge on any atom is -0.333 e. The van der Waals surface area contributed by atoms with Crippen LogP contribution in [0.2, 0.25) is 0 Å². The molecule has 1 saturated heterocycles. The SMILES string of the molecule is CN[C@@H]1CCN(C(=O)C(F)(F)F)C1.Cl. The third-order valence-corrected chi connectivity index (χ3v) is 2.13. The molecule has 1 rings (SSSR count). The first-order valence-electron chi connectivity index (χ1n) is 3.98. The largest absolute Gasteiger partial charge is 0.471 e. The number of halogens is 4. The van der Waals surface area contributed by atoms with Crippen LogP contribution >= 0.6 is 12.4 Å². The van der Waals surface area contributed by atoms with Gasteiger partial charge in [0.15, 0.2) is 0 Å². The lowest BCUT2D eigenvalue weighted by atomic mass is 10.3. The highest BCUT2D eigenvalue weighted by Crippen LogP contribution is 2.21. The van der Waals surface area contributed by atoms with Gasteiger partial charge in [-0.3, -0.25) is 4.79 Å². The van der Waals surface area contributed by atoms with Crippen LogP contribution in [-0.4, -0.2) is 43.2 Å². The lowest BCUT2D eigenvalue weighted by molar-refractivity contribution is -0.184. The summed E-state index contributed by atoms with van der Waals surface area (Å²) in [7, 11) is 1.67. The van der Waals surface area contributed by atoms with Crippen molar-refractivity contribution in [3.05, 3.63) is 0 Å². The molecule has 1 atom stereocenters. The summed E-state index contributed by atoms with van der Waals surface area (Å²) >= 11 is 0. The fourth-order valence-corrected chi connectivity index (χ4v) is 1.36. The van der Waals surface area contributed by atoms with Crippen molar-refractivity contribution in [2.45, 2.75) is 18.6 Å². The summed E-state index contributed by atoms with van der Waals surface area (Å²) in [6.07, 6.45) is -4.15. The summed E-state index contributed by atoms with van der Waals surface area (Å²) in [5.41, 5.74) is 0. The third-order valence-electron chi connectivity index (χ3n) is 2.13. The van der Waals surface area contributed by atoms with Crippen molar-refractivity contribution in [3.63, 3.8) is 0 Å². The molecule has 1 fully saturated rings. The molecule has 0 radical (unpaired) electrons. The number of likely N-dealkylation sites (tertiary alicyclic amines) is 1. The second kappa shape index (κ2) is 4.84. The standard InChI is InChI=1S/C7H11F3N2O.ClH/c1-11-5-2-3-12(4-5)6(13)7(8,9)10;/h5,11H,2-4H2,1H3;1H/t5-;/m1./s1. The summed E-state index contributed by atoms with van der Waals surface area (Å²) < 4.78 is 35.8. The molecule has 0 aliphatic carbocycles. The maximum absolute atomic E-state index is 11.9. The van der Waals surface area contributed by atoms with E-state index in [1.807, 2.05) is 0 Å². The summed E-state index contributed by atoms with van der Waals surface area (Å²) in [5.74, 6) is -1.73. The fraction of sp³-hybridized carbons (Fsp3) is 0.857. The molecule has 0 bridgehead atoms. The van der Waals surface area contributed by atoms with Gasteiger partial charge in [0.25, 0.3) is 0 Å². The Morgan fingerprint density at radius 3 is 2.43 bits per heavy atom. The normalized spacial score (nSPS) is 22.0. The zero-order valence-electron chi connectivity index (χ0n) is 7.60. The minimum atomic E-state index is -4.73. The van der Waals surface area contributed by atoms with Gasteiger partial charge in [-0.2, -0.15) is 13.2 Å². The average molecular weight is 233 g/mol. The van der Waals surface area contributed by atoms with Gasteiger partial charge < -0.3 is 10.2 Å². The van der Waals surface area contributed by atoms with Crippen molar-refractivity contribution >= 4 is 18.3 Å². The van der Waals surface area contributed by atoms with Crippen LogP contribution in [0.5, 0.6) is 0 Å². The van der Waals surface area contributed by atoms with Crippen molar-refractivity contribution in [1.82, 2.24) is 10.2 Å². The van der Waals surface area contributed by atoms with Gasteiger partial charge >= 0.3 is 12.1 Å². The Morgan fingerprint density at radius 2 is 2.07 bits per heavy atom. The van der Waals surface area contributed by atoms with Gasteiger partial charge in [0.05, 0.1) is 0 Å². The molecule has 1 heterocycles. The maximum Gasteiger partial charge on any atom is 0.471 e. The number of rotatable bonds is 1. The van der Waals surface area contributed by atoms with Gasteiger partial charge in [-0.1, -0.05) is 0 Å². The van der Waals surface area contributed by atoms with Crippen LogP contribution in [0.4, 0.5) is 13.2 Å². The number of hydrogen-bond acceptors (Lipinski definition) is 2. The Hall–Kier alpha value is -0.490. The Bertz CT molecular complexity index is 210. The van der Waals surface area contributed by atoms with Gasteiger partial charge in [0, 0.05) is 19.1 Å². The second-order valence-electron chi connectivity index (χ2n) is 3.02. The van der Waals surface area contributed by atoms with E-state index in [9.17, 15) is 18.0 Å². The third kappa shape index (κ3) is 3.02. The number of amides is 1. The second-order valence-corrected chi connectivity index (χ2v) is 3.02. The fourth-order valence-electron chi connectivity index (χ4n) is 1.36. The van der Waals surface area contributed by atoms with Crippen LogP contribution in [0.25, 0.3) is 0 Å². The van der Waals surface area contributed by atoms with E-state index < -0.39 is 12.1 Å². The van der Waals surface area contributed by atoms with Crippen LogP contribution in [0.15, 0.2) is 0 Å². The Kier molecular flexibility index (Phi) is 4.67. The molecule has 0 aromatic rings. The Labute approximate surface area is 86.0 Å². The lowest BCUT2D eigenvalue weighted by Gasteiger charge is -2.17. The van der Waals surface area contributed by atoms with Gasteiger partial charge in [-0.25, -0.2) is 0 Å². The summed E-state index contributed by atoms with van der Waals surface area (Å²) in [5, 5.41) is 2.84. The van der Waals surface area contributed by atoms with Crippen molar-refractivity contribution in [1.29, 1.82) is 0 Å². The number of likely N-dealkylation sites (N-methyl/N-ethyl adjacent to an activating group) is 1. The van der Waals surface area contributed by atoms with Crippen LogP contribution in [0.3, 0.4) is 0 Å².